The molecule has 256 valence electrons. The van der Waals surface area contributed by atoms with Crippen LogP contribution in [0.1, 0.15) is 0 Å². The molecule has 1 heterocycles. The van der Waals surface area contributed by atoms with E-state index in [9.17, 15) is 47.3 Å². The molecule has 0 aliphatic rings. The highest BCUT2D eigenvalue weighted by atomic mass is 35.5. The molecule has 49 heavy (non-hydrogen) atoms. The molecule has 5 aromatic rings. The zero-order chi connectivity index (χ0) is 35.9. The summed E-state index contributed by atoms with van der Waals surface area (Å²) in [7, 11) is -19.2. The van der Waals surface area contributed by atoms with E-state index >= 15 is 0 Å². The van der Waals surface area contributed by atoms with Crippen LogP contribution in [0.2, 0.25) is 5.28 Å². The van der Waals surface area contributed by atoms with Crippen molar-refractivity contribution in [2.75, 3.05) is 10.6 Å². The summed E-state index contributed by atoms with van der Waals surface area (Å²) in [5.74, 6) is -0.430. The largest absolute Gasteiger partial charge is 0.324 e. The smallest absolute Gasteiger partial charge is 0.295 e. The van der Waals surface area contributed by atoms with Crippen LogP contribution in [-0.4, -0.2) is 66.8 Å². The van der Waals surface area contributed by atoms with Crippen molar-refractivity contribution in [2.45, 2.75) is 19.6 Å². The van der Waals surface area contributed by atoms with E-state index in [1.807, 2.05) is 0 Å². The molecule has 0 unspecified atom stereocenters. The summed E-state index contributed by atoms with van der Waals surface area (Å²) in [6, 6.07) is 13.0. The number of azo groups is 1. The minimum absolute atomic E-state index is 0.111. The number of rotatable bonds is 10. The first kappa shape index (κ1) is 35.6. The van der Waals surface area contributed by atoms with Crippen LogP contribution in [0.15, 0.2) is 103 Å². The molecule has 0 aliphatic heterocycles. The molecule has 24 heteroatoms. The van der Waals surface area contributed by atoms with Gasteiger partial charge in [-0.2, -0.15) is 58.9 Å². The quantitative estimate of drug-likeness (QED) is 0.0836. The monoisotopic (exact) mass is 771 g/mol. The number of anilines is 4. The van der Waals surface area contributed by atoms with Gasteiger partial charge in [0.15, 0.2) is 0 Å². The number of hydrogen-bond acceptors (Lipinski definition) is 15. The lowest BCUT2D eigenvalue weighted by molar-refractivity contribution is 0.481. The standard InChI is InChI=1S/C25H18ClN7O12S4/c26-23-29-24(27-13-4-6-17(7-5-13)46(34,35)36)31-25(30-23)28-14-8-15(10-18(9-14)47(37,38)39)32-33-16-11-20-19(22(12-16)49(43,44)45)2-1-3-21(20)48(40,41)42/h1-12H,(H,34,35,36)(H,37,38,39)(H,40,41,42)(H,43,44,45)(H2,27,28,29,30,31). The van der Waals surface area contributed by atoms with Gasteiger partial charge in [-0.05, 0) is 72.3 Å². The van der Waals surface area contributed by atoms with E-state index < -0.39 is 55.2 Å². The summed E-state index contributed by atoms with van der Waals surface area (Å²) in [5, 5.41) is 12.1. The summed E-state index contributed by atoms with van der Waals surface area (Å²) >= 11 is 6.01. The first-order valence-electron chi connectivity index (χ1n) is 12.8. The van der Waals surface area contributed by atoms with Crippen molar-refractivity contribution in [2.24, 2.45) is 10.2 Å². The third-order valence-corrected chi connectivity index (χ3v) is 9.87. The number of aromatic nitrogens is 3. The third-order valence-electron chi connectivity index (χ3n) is 6.20. The Labute approximate surface area is 281 Å². The van der Waals surface area contributed by atoms with E-state index in [1.54, 1.807) is 0 Å². The summed E-state index contributed by atoms with van der Waals surface area (Å²) in [4.78, 5) is 9.31. The van der Waals surface area contributed by atoms with Crippen molar-refractivity contribution >= 4 is 97.5 Å². The molecule has 0 fully saturated rings. The number of benzene rings is 4. The van der Waals surface area contributed by atoms with Crippen molar-refractivity contribution in [1.29, 1.82) is 0 Å². The highest BCUT2D eigenvalue weighted by molar-refractivity contribution is 7.86. The third kappa shape index (κ3) is 8.66. The second kappa shape index (κ2) is 13.0. The number of nitrogens with one attached hydrogen (secondary N) is 2. The second-order valence-corrected chi connectivity index (χ2v) is 15.6. The van der Waals surface area contributed by atoms with Crippen molar-refractivity contribution in [3.63, 3.8) is 0 Å². The Bertz CT molecular complexity index is 2620. The molecule has 0 saturated carbocycles. The van der Waals surface area contributed by atoms with Crippen molar-refractivity contribution in [3.8, 4) is 0 Å². The van der Waals surface area contributed by atoms with Crippen LogP contribution in [0.25, 0.3) is 10.8 Å². The van der Waals surface area contributed by atoms with Gasteiger partial charge in [0, 0.05) is 22.1 Å². The van der Waals surface area contributed by atoms with E-state index in [4.69, 9.17) is 16.2 Å². The van der Waals surface area contributed by atoms with Crippen LogP contribution < -0.4 is 10.6 Å². The first-order valence-corrected chi connectivity index (χ1v) is 18.9. The lowest BCUT2D eigenvalue weighted by Crippen LogP contribution is -2.05. The maximum absolute atomic E-state index is 12.1. The number of halogens is 1. The molecule has 0 aliphatic carbocycles. The molecule has 0 saturated heterocycles. The van der Waals surface area contributed by atoms with Crippen molar-refractivity contribution in [1.82, 2.24) is 15.0 Å². The molecule has 0 spiro atoms. The predicted molar refractivity (Wildman–Crippen MR) is 172 cm³/mol. The SMILES string of the molecule is O=S(=O)(O)c1ccc(Nc2nc(Cl)nc(Nc3cc(N=Nc4cc(S(=O)(=O)O)c5cccc(S(=O)(=O)O)c5c4)cc(S(=O)(=O)O)c3)n2)cc1. The minimum atomic E-state index is -4.97. The van der Waals surface area contributed by atoms with Gasteiger partial charge < -0.3 is 10.6 Å². The fourth-order valence-electron chi connectivity index (χ4n) is 4.21. The lowest BCUT2D eigenvalue weighted by atomic mass is 10.1. The van der Waals surface area contributed by atoms with Gasteiger partial charge in [0.25, 0.3) is 40.5 Å². The maximum Gasteiger partial charge on any atom is 0.295 e. The fourth-order valence-corrected chi connectivity index (χ4v) is 6.82. The second-order valence-electron chi connectivity index (χ2n) is 9.64. The summed E-state index contributed by atoms with van der Waals surface area (Å²) in [6.07, 6.45) is 0. The van der Waals surface area contributed by atoms with Crippen molar-refractivity contribution < 1.29 is 51.9 Å². The number of fused-ring (bicyclic) bond motifs is 1. The van der Waals surface area contributed by atoms with Gasteiger partial charge >= 0.3 is 0 Å². The highest BCUT2D eigenvalue weighted by Crippen LogP contribution is 2.34. The summed E-state index contributed by atoms with van der Waals surface area (Å²) < 4.78 is 133. The Morgan fingerprint density at radius 3 is 1.63 bits per heavy atom. The van der Waals surface area contributed by atoms with Crippen LogP contribution in [0.5, 0.6) is 0 Å². The number of hydrogen-bond donors (Lipinski definition) is 6. The van der Waals surface area contributed by atoms with E-state index in [-0.39, 0.29) is 55.6 Å². The maximum atomic E-state index is 12.1. The van der Waals surface area contributed by atoms with Gasteiger partial charge in [0.05, 0.1) is 21.2 Å². The molecule has 4 aromatic carbocycles. The first-order chi connectivity index (χ1) is 22.7. The van der Waals surface area contributed by atoms with Gasteiger partial charge in [-0.25, -0.2) is 0 Å². The Morgan fingerprint density at radius 1 is 0.531 bits per heavy atom. The van der Waals surface area contributed by atoms with Gasteiger partial charge in [0.2, 0.25) is 17.2 Å². The van der Waals surface area contributed by atoms with Gasteiger partial charge in [0.1, 0.15) is 9.79 Å². The van der Waals surface area contributed by atoms with E-state index in [0.29, 0.717) is 0 Å². The summed E-state index contributed by atoms with van der Waals surface area (Å²) in [5.41, 5.74) is -0.467. The molecular weight excluding hydrogens is 754 g/mol. The zero-order valence-electron chi connectivity index (χ0n) is 23.7. The fraction of sp³-hybridized carbons (Fsp3) is 0. The normalized spacial score (nSPS) is 12.8. The molecule has 0 radical (unpaired) electrons. The van der Waals surface area contributed by atoms with Crippen LogP contribution in [0.3, 0.4) is 0 Å². The zero-order valence-corrected chi connectivity index (χ0v) is 27.8. The average molecular weight is 772 g/mol. The van der Waals surface area contributed by atoms with Crippen molar-refractivity contribution in [3.05, 3.63) is 78.1 Å². The Morgan fingerprint density at radius 2 is 1.08 bits per heavy atom. The average Bonchev–Trinajstić information content (AvgIpc) is 2.97. The van der Waals surface area contributed by atoms with Gasteiger partial charge in [-0.15, -0.1) is 0 Å². The van der Waals surface area contributed by atoms with Crippen LogP contribution in [0.4, 0.5) is 34.6 Å². The highest BCUT2D eigenvalue weighted by Gasteiger charge is 2.21. The van der Waals surface area contributed by atoms with E-state index in [1.165, 1.54) is 24.3 Å². The summed E-state index contributed by atoms with van der Waals surface area (Å²) in [6.45, 7) is 0. The van der Waals surface area contributed by atoms with Crippen LogP contribution in [-0.2, 0) is 40.5 Å². The van der Waals surface area contributed by atoms with Crippen LogP contribution in [0, 0.1) is 0 Å². The molecule has 19 nitrogen and oxygen atoms in total. The van der Waals surface area contributed by atoms with E-state index in [0.717, 1.165) is 48.5 Å². The van der Waals surface area contributed by atoms with Gasteiger partial charge in [-0.1, -0.05) is 12.1 Å². The predicted octanol–water partition coefficient (Wildman–Crippen LogP) is 4.57. The molecule has 5 rings (SSSR count). The molecule has 0 atom stereocenters. The molecule has 0 amide bonds. The van der Waals surface area contributed by atoms with Gasteiger partial charge in [-0.3, -0.25) is 18.2 Å². The Kier molecular flexibility index (Phi) is 9.41. The molecule has 1 aromatic heterocycles. The Hall–Kier alpha value is -4.72. The molecule has 6 N–H and O–H groups in total. The lowest BCUT2D eigenvalue weighted by Gasteiger charge is -2.10. The molecular formula is C25H18ClN7O12S4. The molecule has 0 bridgehead atoms. The Balaban J connectivity index is 1.52. The van der Waals surface area contributed by atoms with Crippen LogP contribution >= 0.6 is 11.6 Å². The van der Waals surface area contributed by atoms with E-state index in [2.05, 4.69) is 35.8 Å². The minimum Gasteiger partial charge on any atom is -0.324 e. The number of nitrogens with zero attached hydrogens (tertiary/aromatic N) is 5. The topological polar surface area (TPSA) is 305 Å².